The summed E-state index contributed by atoms with van der Waals surface area (Å²) >= 11 is 11.4. The van der Waals surface area contributed by atoms with Crippen molar-refractivity contribution in [2.75, 3.05) is 0 Å². The molecule has 0 nitrogen and oxygen atoms in total. The van der Waals surface area contributed by atoms with Crippen LogP contribution in [0, 0.1) is 5.38 Å². The second-order valence-corrected chi connectivity index (χ2v) is 19.3. The Labute approximate surface area is 126 Å². The van der Waals surface area contributed by atoms with Crippen molar-refractivity contribution in [1.82, 2.24) is 0 Å². The van der Waals surface area contributed by atoms with E-state index in [1.807, 2.05) is 0 Å². The molecule has 0 saturated heterocycles. The van der Waals surface area contributed by atoms with E-state index in [1.54, 1.807) is 11.3 Å². The Morgan fingerprint density at radius 2 is 2.00 bits per heavy atom. The first kappa shape index (κ1) is 16.8. The first-order valence-corrected chi connectivity index (χ1v) is 20.5. The average molecular weight is 471 g/mol. The van der Waals surface area contributed by atoms with Crippen LogP contribution in [0.5, 0.6) is 0 Å². The maximum atomic E-state index is 3.52. The summed E-state index contributed by atoms with van der Waals surface area (Å²) < 4.78 is 1.26. The zero-order valence-electron chi connectivity index (χ0n) is 8.86. The third-order valence-electron chi connectivity index (χ3n) is 1.93. The van der Waals surface area contributed by atoms with Crippen molar-refractivity contribution in [1.29, 1.82) is 0 Å². The van der Waals surface area contributed by atoms with Crippen molar-refractivity contribution < 1.29 is 13.2 Å². The second-order valence-electron chi connectivity index (χ2n) is 3.07. The molecule has 0 aromatic carbocycles. The van der Waals surface area contributed by atoms with Crippen LogP contribution in [0.15, 0.2) is 9.85 Å². The van der Waals surface area contributed by atoms with Gasteiger partial charge in [-0.15, -0.1) is 11.3 Å². The van der Waals surface area contributed by atoms with Crippen LogP contribution in [-0.4, -0.2) is 0 Å². The minimum absolute atomic E-state index is 0.250. The van der Waals surface area contributed by atoms with E-state index in [9.17, 15) is 0 Å². The Kier molecular flexibility index (Phi) is 13.7. The fraction of sp³-hybridized carbons (Fsp3) is 0.600. The van der Waals surface area contributed by atoms with Crippen LogP contribution in [-0.2, 0) is 19.6 Å². The molecule has 0 N–H and O–H groups in total. The molecule has 1 heterocycles. The molecule has 0 aliphatic rings. The Morgan fingerprint density at radius 3 is 2.47 bits per heavy atom. The number of hydrogen-bond donors (Lipinski definition) is 0. The summed E-state index contributed by atoms with van der Waals surface area (Å²) in [5.74, 6) is 0. The van der Waals surface area contributed by atoms with Gasteiger partial charge in [-0.2, -0.15) is 0 Å². The Balaban J connectivity index is 0.000000583. The van der Waals surface area contributed by atoms with Gasteiger partial charge in [0.2, 0.25) is 0 Å². The van der Waals surface area contributed by atoms with Crippen molar-refractivity contribution in [3.8, 4) is 0 Å². The van der Waals surface area contributed by atoms with Crippen molar-refractivity contribution >= 4 is 54.5 Å². The van der Waals surface area contributed by atoms with Gasteiger partial charge in [0.25, 0.3) is 0 Å². The molecule has 1 aromatic rings. The molecular weight excluding hydrogens is 457 g/mol. The van der Waals surface area contributed by atoms with Crippen LogP contribution < -0.4 is 0 Å². The van der Waals surface area contributed by atoms with E-state index in [4.69, 9.17) is 0 Å². The Morgan fingerprint density at radius 1 is 1.33 bits per heavy atom. The molecule has 83 valence electrons. The van der Waals surface area contributed by atoms with Crippen molar-refractivity contribution in [3.63, 3.8) is 0 Å². The normalized spacial score (nSPS) is 9.07. The Hall–Kier alpha value is 1.76. The Bertz CT molecular complexity index is 240. The molecule has 0 aliphatic heterocycles. The summed E-state index contributed by atoms with van der Waals surface area (Å²) in [6, 6.07) is 2.10. The van der Waals surface area contributed by atoms with Gasteiger partial charge in [-0.1, -0.05) is 26.2 Å². The number of rotatable bonds is 5. The zero-order valence-corrected chi connectivity index (χ0v) is 17.4. The van der Waals surface area contributed by atoms with Gasteiger partial charge in [-0.25, -0.2) is 0 Å². The van der Waals surface area contributed by atoms with Crippen LogP contribution in [0.4, 0.5) is 0 Å². The van der Waals surface area contributed by atoms with Crippen LogP contribution in [0.25, 0.3) is 0 Å². The molecular formula is C10H14Br3SZn. The van der Waals surface area contributed by atoms with Crippen molar-refractivity contribution in [3.05, 3.63) is 20.8 Å². The van der Waals surface area contributed by atoms with Crippen LogP contribution in [0.2, 0.25) is 0 Å². The monoisotopic (exact) mass is 467 g/mol. The third-order valence-corrected chi connectivity index (χ3v) is 3.61. The number of unbranched alkanes of at least 4 members (excludes halogenated alkanes) is 3. The molecule has 1 aromatic heterocycles. The fourth-order valence-electron chi connectivity index (χ4n) is 1.19. The third kappa shape index (κ3) is 9.46. The van der Waals surface area contributed by atoms with Gasteiger partial charge in [0.05, 0.1) is 3.79 Å². The molecule has 5 heteroatoms. The molecule has 0 aliphatic carbocycles. The van der Waals surface area contributed by atoms with Gasteiger partial charge in [0, 0.05) is 5.38 Å². The number of hydrogen-bond acceptors (Lipinski definition) is 1. The van der Waals surface area contributed by atoms with E-state index in [-0.39, 0.29) is 13.2 Å². The first-order chi connectivity index (χ1) is 7.26. The summed E-state index contributed by atoms with van der Waals surface area (Å²) in [7, 11) is 0. The summed E-state index contributed by atoms with van der Waals surface area (Å²) in [6.07, 6.45) is 6.57. The average Bonchev–Trinajstić information content (AvgIpc) is 2.60. The molecule has 0 bridgehead atoms. The van der Waals surface area contributed by atoms with E-state index in [0.717, 1.165) is 0 Å². The van der Waals surface area contributed by atoms with Gasteiger partial charge in [0.1, 0.15) is 0 Å². The molecule has 1 radical (unpaired) electrons. The van der Waals surface area contributed by atoms with E-state index in [0.29, 0.717) is 0 Å². The molecule has 1 rings (SSSR count). The SMILES string of the molecule is CCCCCCc1c[c]sc1Br.[Br][Zn][Br]. The van der Waals surface area contributed by atoms with E-state index in [1.165, 1.54) is 41.5 Å². The topological polar surface area (TPSA) is 0 Å². The van der Waals surface area contributed by atoms with Crippen LogP contribution in [0.3, 0.4) is 0 Å². The summed E-state index contributed by atoms with van der Waals surface area (Å²) in [6.45, 7) is 2.24. The van der Waals surface area contributed by atoms with E-state index in [2.05, 4.69) is 61.5 Å². The number of halogens is 3. The molecule has 0 unspecified atom stereocenters. The predicted octanol–water partition coefficient (Wildman–Crippen LogP) is 6.12. The minimum atomic E-state index is -0.250. The number of aryl methyl sites for hydroxylation is 1. The summed E-state index contributed by atoms with van der Waals surface area (Å²) in [4.78, 5) is 0. The molecule has 0 spiro atoms. The zero-order chi connectivity index (χ0) is 11.5. The molecule has 0 saturated carbocycles. The fourth-order valence-corrected chi connectivity index (χ4v) is 2.38. The van der Waals surface area contributed by atoms with Crippen LogP contribution in [0.1, 0.15) is 38.2 Å². The first-order valence-electron chi connectivity index (χ1n) is 5.02. The van der Waals surface area contributed by atoms with E-state index < -0.39 is 0 Å². The van der Waals surface area contributed by atoms with Crippen LogP contribution >= 0.6 is 54.5 Å². The molecule has 0 fully saturated rings. The van der Waals surface area contributed by atoms with Gasteiger partial charge in [-0.05, 0) is 40.4 Å². The maximum absolute atomic E-state index is 3.52. The molecule has 15 heavy (non-hydrogen) atoms. The van der Waals surface area contributed by atoms with Crippen molar-refractivity contribution in [2.45, 2.75) is 39.0 Å². The van der Waals surface area contributed by atoms with E-state index >= 15 is 0 Å². The van der Waals surface area contributed by atoms with Gasteiger partial charge in [0.15, 0.2) is 0 Å². The van der Waals surface area contributed by atoms with Gasteiger partial charge < -0.3 is 0 Å². The number of thiophene rings is 1. The summed E-state index contributed by atoms with van der Waals surface area (Å²) in [5.41, 5.74) is 1.43. The quantitative estimate of drug-likeness (QED) is 0.359. The van der Waals surface area contributed by atoms with Crippen molar-refractivity contribution in [2.24, 2.45) is 0 Å². The summed E-state index contributed by atoms with van der Waals surface area (Å²) in [5, 5.41) is 3.13. The standard InChI is InChI=1S/C10H14BrS.2BrH.Zn/c1-2-3-4-5-6-9-7-8-12-10(9)11;;;/h7H,2-6H2,1H3;2*1H;/q;;;+2/p-2. The van der Waals surface area contributed by atoms with Gasteiger partial charge in [-0.3, -0.25) is 0 Å². The molecule has 0 atom stereocenters. The molecule has 0 amide bonds. The second kappa shape index (κ2) is 12.2. The van der Waals surface area contributed by atoms with Gasteiger partial charge >= 0.3 is 40.5 Å². The predicted molar refractivity (Wildman–Crippen MR) is 76.6 cm³/mol.